The molecule has 5 rings (SSSR count). The first-order valence-corrected chi connectivity index (χ1v) is 12.8. The van der Waals surface area contributed by atoms with Crippen molar-refractivity contribution in [1.82, 2.24) is 19.8 Å². The van der Waals surface area contributed by atoms with Crippen LogP contribution in [-0.2, 0) is 11.2 Å². The van der Waals surface area contributed by atoms with Gasteiger partial charge in [0, 0.05) is 30.7 Å². The van der Waals surface area contributed by atoms with Crippen LogP contribution in [0.1, 0.15) is 65.6 Å². The number of ether oxygens (including phenoxy) is 1. The number of nitrogens with zero attached hydrogens (tertiary/aromatic N) is 3. The lowest BCUT2D eigenvalue weighted by atomic mass is 9.96. The molecule has 1 aromatic carbocycles. The van der Waals surface area contributed by atoms with E-state index in [9.17, 15) is 0 Å². The van der Waals surface area contributed by atoms with E-state index in [1.807, 2.05) is 12.3 Å². The molecule has 178 valence electrons. The largest absolute Gasteiger partial charge is 0.376 e. The first-order valence-electron chi connectivity index (χ1n) is 12.4. The van der Waals surface area contributed by atoms with E-state index in [1.165, 1.54) is 33.8 Å². The number of nitrogens with one attached hydrogen (secondary N) is 1. The molecule has 2 aliphatic heterocycles. The predicted octanol–water partition coefficient (Wildman–Crippen LogP) is 5.51. The van der Waals surface area contributed by atoms with Crippen LogP contribution in [-0.4, -0.2) is 38.8 Å². The van der Waals surface area contributed by atoms with Crippen LogP contribution in [0.5, 0.6) is 0 Å². The van der Waals surface area contributed by atoms with Crippen LogP contribution in [0.15, 0.2) is 48.7 Å². The minimum atomic E-state index is -0.00781. The van der Waals surface area contributed by atoms with Gasteiger partial charge in [-0.15, -0.1) is 0 Å². The molecule has 1 N–H and O–H groups in total. The van der Waals surface area contributed by atoms with Gasteiger partial charge >= 0.3 is 0 Å². The fourth-order valence-electron chi connectivity index (χ4n) is 5.70. The quantitative estimate of drug-likeness (QED) is 0.477. The zero-order valence-corrected chi connectivity index (χ0v) is 21.4. The number of pyridine rings is 1. The van der Waals surface area contributed by atoms with Crippen LogP contribution in [0.4, 0.5) is 0 Å². The molecule has 4 heterocycles. The topological polar surface area (TPSA) is 42.3 Å². The SMILES string of the molecule is CCc1cccc(C)c1-n1c(C)cc([C@@H]2[C@H](c3ccccn3)NC(=S)N2C[C@H]2CCCO2)c1C. The molecule has 5 nitrogen and oxygen atoms in total. The molecule has 0 spiro atoms. The van der Waals surface area contributed by atoms with Crippen LogP contribution in [0.2, 0.25) is 0 Å². The van der Waals surface area contributed by atoms with Crippen molar-refractivity contribution in [3.8, 4) is 5.69 Å². The van der Waals surface area contributed by atoms with Gasteiger partial charge in [-0.05, 0) is 87.1 Å². The average Bonchev–Trinajstić information content (AvgIpc) is 3.54. The monoisotopic (exact) mass is 474 g/mol. The second-order valence-electron chi connectivity index (χ2n) is 9.51. The highest BCUT2D eigenvalue weighted by molar-refractivity contribution is 7.80. The minimum Gasteiger partial charge on any atom is -0.376 e. The lowest BCUT2D eigenvalue weighted by molar-refractivity contribution is 0.0842. The molecule has 0 saturated carbocycles. The summed E-state index contributed by atoms with van der Waals surface area (Å²) in [6.45, 7) is 10.5. The van der Waals surface area contributed by atoms with Crippen molar-refractivity contribution >= 4 is 17.3 Å². The zero-order chi connectivity index (χ0) is 23.8. The molecule has 34 heavy (non-hydrogen) atoms. The number of benzene rings is 1. The number of para-hydroxylation sites is 1. The summed E-state index contributed by atoms with van der Waals surface area (Å²) in [5.74, 6) is 0. The van der Waals surface area contributed by atoms with Crippen molar-refractivity contribution in [3.63, 3.8) is 0 Å². The summed E-state index contributed by atoms with van der Waals surface area (Å²) in [5, 5.41) is 4.39. The number of aromatic nitrogens is 2. The Bertz CT molecular complexity index is 1180. The molecule has 0 aliphatic carbocycles. The number of hydrogen-bond donors (Lipinski definition) is 1. The summed E-state index contributed by atoms with van der Waals surface area (Å²) < 4.78 is 8.45. The third-order valence-corrected chi connectivity index (χ3v) is 7.69. The molecular formula is C28H34N4OS. The molecule has 2 saturated heterocycles. The average molecular weight is 475 g/mol. The Kier molecular flexibility index (Phi) is 6.45. The van der Waals surface area contributed by atoms with Gasteiger partial charge in [0.2, 0.25) is 0 Å². The highest BCUT2D eigenvalue weighted by atomic mass is 32.1. The highest BCUT2D eigenvalue weighted by Crippen LogP contribution is 2.42. The fourth-order valence-corrected chi connectivity index (χ4v) is 6.02. The minimum absolute atomic E-state index is 0.00781. The maximum atomic E-state index is 6.01. The van der Waals surface area contributed by atoms with Crippen LogP contribution < -0.4 is 5.32 Å². The van der Waals surface area contributed by atoms with Crippen LogP contribution >= 0.6 is 12.2 Å². The lowest BCUT2D eigenvalue weighted by Crippen LogP contribution is -2.36. The summed E-state index contributed by atoms with van der Waals surface area (Å²) in [4.78, 5) is 7.05. The summed E-state index contributed by atoms with van der Waals surface area (Å²) in [7, 11) is 0. The van der Waals surface area contributed by atoms with Crippen molar-refractivity contribution in [1.29, 1.82) is 0 Å². The predicted molar refractivity (Wildman–Crippen MR) is 140 cm³/mol. The van der Waals surface area contributed by atoms with Gasteiger partial charge in [-0.1, -0.05) is 31.2 Å². The molecule has 2 aliphatic rings. The van der Waals surface area contributed by atoms with Crippen molar-refractivity contribution in [3.05, 3.63) is 82.4 Å². The van der Waals surface area contributed by atoms with E-state index in [1.54, 1.807) is 0 Å². The Morgan fingerprint density at radius 3 is 2.71 bits per heavy atom. The molecule has 3 atom stereocenters. The Morgan fingerprint density at radius 2 is 2.00 bits per heavy atom. The third-order valence-electron chi connectivity index (χ3n) is 7.34. The Morgan fingerprint density at radius 1 is 1.15 bits per heavy atom. The number of aryl methyl sites for hydroxylation is 3. The van der Waals surface area contributed by atoms with Gasteiger partial charge in [0.25, 0.3) is 0 Å². The second-order valence-corrected chi connectivity index (χ2v) is 9.90. The maximum Gasteiger partial charge on any atom is 0.170 e. The van der Waals surface area contributed by atoms with E-state index in [4.69, 9.17) is 21.9 Å². The van der Waals surface area contributed by atoms with E-state index in [2.05, 4.69) is 78.9 Å². The highest BCUT2D eigenvalue weighted by Gasteiger charge is 2.42. The van der Waals surface area contributed by atoms with Gasteiger partial charge < -0.3 is 19.5 Å². The van der Waals surface area contributed by atoms with Crippen molar-refractivity contribution in [2.75, 3.05) is 13.2 Å². The summed E-state index contributed by atoms with van der Waals surface area (Å²) in [6.07, 6.45) is 5.29. The van der Waals surface area contributed by atoms with E-state index >= 15 is 0 Å². The molecule has 6 heteroatoms. The first kappa shape index (κ1) is 23.1. The third kappa shape index (κ3) is 4.03. The van der Waals surface area contributed by atoms with Crippen LogP contribution in [0, 0.1) is 20.8 Å². The van der Waals surface area contributed by atoms with Crippen molar-refractivity contribution in [2.24, 2.45) is 0 Å². The van der Waals surface area contributed by atoms with Gasteiger partial charge in [-0.25, -0.2) is 0 Å². The summed E-state index contributed by atoms with van der Waals surface area (Å²) in [5.41, 5.74) is 8.78. The normalized spacial score (nSPS) is 22.4. The molecule has 0 amide bonds. The number of thiocarbonyl (C=S) groups is 1. The Balaban J connectivity index is 1.63. The smallest absolute Gasteiger partial charge is 0.170 e. The lowest BCUT2D eigenvalue weighted by Gasteiger charge is -2.30. The zero-order valence-electron chi connectivity index (χ0n) is 20.5. The Hall–Kier alpha value is -2.70. The molecule has 2 fully saturated rings. The van der Waals surface area contributed by atoms with E-state index < -0.39 is 0 Å². The van der Waals surface area contributed by atoms with Crippen LogP contribution in [0.3, 0.4) is 0 Å². The standard InChI is InChI=1S/C28H34N4OS/c1-5-21-11-8-10-18(2)26(21)32-19(3)16-23(20(32)4)27-25(24-13-6-7-14-29-24)30-28(34)31(27)17-22-12-9-15-33-22/h6-8,10-11,13-14,16,22,25,27H,5,9,12,15,17H2,1-4H3,(H,30,34)/t22-,25+,27-/m1/s1. The second kappa shape index (κ2) is 9.51. The van der Waals surface area contributed by atoms with E-state index in [0.29, 0.717) is 0 Å². The summed E-state index contributed by atoms with van der Waals surface area (Å²) >= 11 is 5.89. The number of hydrogen-bond acceptors (Lipinski definition) is 3. The van der Waals surface area contributed by atoms with Gasteiger partial charge in [-0.2, -0.15) is 0 Å². The van der Waals surface area contributed by atoms with E-state index in [0.717, 1.165) is 43.2 Å². The molecule has 2 aromatic heterocycles. The van der Waals surface area contributed by atoms with Gasteiger partial charge in [0.15, 0.2) is 5.11 Å². The van der Waals surface area contributed by atoms with Crippen LogP contribution in [0.25, 0.3) is 5.69 Å². The molecular weight excluding hydrogens is 440 g/mol. The molecule has 0 radical (unpaired) electrons. The molecule has 0 unspecified atom stereocenters. The first-order chi connectivity index (χ1) is 16.5. The fraction of sp³-hybridized carbons (Fsp3) is 0.429. The maximum absolute atomic E-state index is 6.01. The van der Waals surface area contributed by atoms with Gasteiger partial charge in [0.1, 0.15) is 0 Å². The molecule has 3 aromatic rings. The van der Waals surface area contributed by atoms with E-state index in [-0.39, 0.29) is 18.2 Å². The Labute approximate surface area is 208 Å². The van der Waals surface area contributed by atoms with Gasteiger partial charge in [-0.3, -0.25) is 4.98 Å². The van der Waals surface area contributed by atoms with Crippen molar-refractivity contribution in [2.45, 2.75) is 65.1 Å². The number of rotatable bonds is 6. The van der Waals surface area contributed by atoms with Crippen molar-refractivity contribution < 1.29 is 4.74 Å². The van der Waals surface area contributed by atoms with Gasteiger partial charge in [0.05, 0.1) is 29.6 Å². The molecule has 0 bridgehead atoms. The summed E-state index contributed by atoms with van der Waals surface area (Å²) in [6, 6.07) is 15.1.